The summed E-state index contributed by atoms with van der Waals surface area (Å²) in [7, 11) is 0. The average molecular weight is 403 g/mol. The smallest absolute Gasteiger partial charge is 0.157 e. The first kappa shape index (κ1) is 21.1. The monoisotopic (exact) mass is 402 g/mol. The van der Waals surface area contributed by atoms with Crippen molar-refractivity contribution in [2.24, 2.45) is 75.5 Å². The van der Waals surface area contributed by atoms with Crippen molar-refractivity contribution in [3.63, 3.8) is 0 Å². The molecule has 0 aromatic carbocycles. The summed E-state index contributed by atoms with van der Waals surface area (Å²) in [5.41, 5.74) is 0.163. The molecule has 0 aromatic heterocycles. The zero-order valence-corrected chi connectivity index (χ0v) is 18.9. The molecule has 0 aromatic rings. The van der Waals surface area contributed by atoms with Gasteiger partial charge in [0.05, 0.1) is 6.54 Å². The first-order valence-electron chi connectivity index (χ1n) is 12.2. The Balaban J connectivity index is 1.59. The molecule has 0 bridgehead atoms. The van der Waals surface area contributed by atoms with E-state index >= 15 is 0 Å². The third-order valence-electron chi connectivity index (χ3n) is 9.89. The molecule has 4 rings (SSSR count). The first-order valence-corrected chi connectivity index (χ1v) is 12.2. The van der Waals surface area contributed by atoms with Gasteiger partial charge in [-0.25, -0.2) is 5.84 Å². The molecule has 5 nitrogen and oxygen atoms in total. The van der Waals surface area contributed by atoms with Crippen molar-refractivity contribution in [1.82, 2.24) is 5.01 Å². The first-order chi connectivity index (χ1) is 13.9. The average Bonchev–Trinajstić information content (AvgIpc) is 3.19. The van der Waals surface area contributed by atoms with Gasteiger partial charge in [0.1, 0.15) is 6.34 Å². The third kappa shape index (κ3) is 3.23. The van der Waals surface area contributed by atoms with Gasteiger partial charge in [0, 0.05) is 5.92 Å². The van der Waals surface area contributed by atoms with Gasteiger partial charge in [0.2, 0.25) is 0 Å². The van der Waals surface area contributed by atoms with Crippen molar-refractivity contribution in [2.75, 3.05) is 6.54 Å². The third-order valence-corrected chi connectivity index (χ3v) is 9.89. The topological polar surface area (TPSA) is 84.7 Å². The van der Waals surface area contributed by atoms with Crippen LogP contribution in [-0.2, 0) is 4.79 Å². The number of rotatable bonds is 7. The van der Waals surface area contributed by atoms with Gasteiger partial charge >= 0.3 is 0 Å². The summed E-state index contributed by atoms with van der Waals surface area (Å²) in [6.07, 6.45) is 10.8. The van der Waals surface area contributed by atoms with Crippen LogP contribution >= 0.6 is 0 Å². The number of nitrogens with two attached hydrogens (primary N) is 2. The van der Waals surface area contributed by atoms with Crippen LogP contribution in [0.25, 0.3) is 0 Å². The number of hydrogen-bond acceptors (Lipinski definition) is 4. The van der Waals surface area contributed by atoms with E-state index in [1.165, 1.54) is 56.3 Å². The maximum atomic E-state index is 13.4. The molecule has 4 aliphatic carbocycles. The van der Waals surface area contributed by atoms with E-state index in [9.17, 15) is 4.79 Å². The van der Waals surface area contributed by atoms with Crippen molar-refractivity contribution in [2.45, 2.75) is 72.6 Å². The summed E-state index contributed by atoms with van der Waals surface area (Å²) in [4.78, 5) is 13.4. The van der Waals surface area contributed by atoms with Gasteiger partial charge in [-0.3, -0.25) is 9.80 Å². The quantitative estimate of drug-likeness (QED) is 0.291. The number of ketones is 1. The molecular formula is C24H42N4O. The largest absolute Gasteiger partial charge is 0.322 e. The molecule has 0 heterocycles. The van der Waals surface area contributed by atoms with Crippen LogP contribution < -0.4 is 11.7 Å². The number of nitrogens with zero attached hydrogens (tertiary/aromatic N) is 2. The Hall–Kier alpha value is -1.10. The summed E-state index contributed by atoms with van der Waals surface area (Å²) in [6, 6.07) is 0. The summed E-state index contributed by atoms with van der Waals surface area (Å²) in [6.45, 7) is 9.83. The Kier molecular flexibility index (Phi) is 5.73. The molecule has 4 aliphatic rings. The molecule has 0 saturated heterocycles. The van der Waals surface area contributed by atoms with Gasteiger partial charge in [0.25, 0.3) is 0 Å². The van der Waals surface area contributed by atoms with Crippen LogP contribution in [0.5, 0.6) is 0 Å². The highest BCUT2D eigenvalue weighted by molar-refractivity contribution is 5.86. The Bertz CT molecular complexity index is 651. The predicted octanol–water partition coefficient (Wildman–Crippen LogP) is 4.03. The number of carbonyl (C=O) groups excluding carboxylic acids is 1. The van der Waals surface area contributed by atoms with E-state index in [0.29, 0.717) is 17.6 Å². The number of hydrazine groups is 1. The molecule has 0 radical (unpaired) electrons. The molecule has 0 spiro atoms. The molecule has 29 heavy (non-hydrogen) atoms. The minimum Gasteiger partial charge on any atom is -0.322 e. The van der Waals surface area contributed by atoms with E-state index in [1.807, 2.05) is 0 Å². The second-order valence-electron chi connectivity index (χ2n) is 11.0. The maximum Gasteiger partial charge on any atom is 0.157 e. The fourth-order valence-corrected chi connectivity index (χ4v) is 8.93. The number of hydrazone groups is 1. The summed E-state index contributed by atoms with van der Waals surface area (Å²) < 4.78 is 0. The standard InChI is InChI=1S/C24H42N4O/c1-5-7-16-15(6-2)8-9-18-17(16)10-11-24(4)22(18)20-14(3)21(20)23(24)19(29)12-28(26)13-27-25/h13-18,20-23H,5-12,25-26H2,1-4H3/b27-13-. The van der Waals surface area contributed by atoms with Crippen LogP contribution in [0, 0.1) is 58.7 Å². The normalized spacial score (nSPS) is 48.1. The zero-order chi connectivity index (χ0) is 20.9. The van der Waals surface area contributed by atoms with Gasteiger partial charge in [-0.05, 0) is 78.4 Å². The summed E-state index contributed by atoms with van der Waals surface area (Å²) >= 11 is 0. The van der Waals surface area contributed by atoms with E-state index in [4.69, 9.17) is 11.7 Å². The molecule has 0 amide bonds. The van der Waals surface area contributed by atoms with Crippen molar-refractivity contribution in [3.05, 3.63) is 0 Å². The van der Waals surface area contributed by atoms with Gasteiger partial charge in [-0.2, -0.15) is 5.10 Å². The van der Waals surface area contributed by atoms with Crippen LogP contribution in [-0.4, -0.2) is 23.7 Å². The minimum absolute atomic E-state index is 0.163. The van der Waals surface area contributed by atoms with Crippen LogP contribution in [0.1, 0.15) is 72.6 Å². The Labute approximate surface area is 177 Å². The van der Waals surface area contributed by atoms with Gasteiger partial charge < -0.3 is 5.84 Å². The molecule has 4 saturated carbocycles. The Morgan fingerprint density at radius 3 is 2.62 bits per heavy atom. The van der Waals surface area contributed by atoms with Crippen molar-refractivity contribution in [1.29, 1.82) is 0 Å². The number of Topliss-reactive ketones (excluding diaryl/α,β-unsaturated/α-hetero) is 1. The highest BCUT2D eigenvalue weighted by atomic mass is 16.1. The lowest BCUT2D eigenvalue weighted by molar-refractivity contribution is -0.134. The van der Waals surface area contributed by atoms with Gasteiger partial charge in [-0.15, -0.1) is 0 Å². The molecule has 10 atom stereocenters. The number of carbonyl (C=O) groups is 1. The second-order valence-corrected chi connectivity index (χ2v) is 11.0. The maximum absolute atomic E-state index is 13.4. The van der Waals surface area contributed by atoms with Crippen molar-refractivity contribution in [3.8, 4) is 0 Å². The highest BCUT2D eigenvalue weighted by Gasteiger charge is 2.73. The fourth-order valence-electron chi connectivity index (χ4n) is 8.93. The lowest BCUT2D eigenvalue weighted by atomic mass is 9.49. The van der Waals surface area contributed by atoms with E-state index in [1.54, 1.807) is 0 Å². The highest BCUT2D eigenvalue weighted by Crippen LogP contribution is 2.76. The van der Waals surface area contributed by atoms with E-state index in [0.717, 1.165) is 35.5 Å². The second kappa shape index (κ2) is 7.86. The SMILES string of the molecule is CCCC1C(CC)CCC2C1CCC1(C)C(C(=O)CN(N)/C=N\N)C3C(C)C3C21. The van der Waals surface area contributed by atoms with Crippen LogP contribution in [0.2, 0.25) is 0 Å². The molecule has 5 heteroatoms. The fraction of sp³-hybridized carbons (Fsp3) is 0.917. The number of hydrogen-bond donors (Lipinski definition) is 2. The van der Waals surface area contributed by atoms with Gasteiger partial charge in [-0.1, -0.05) is 47.0 Å². The lowest BCUT2D eigenvalue weighted by Crippen LogP contribution is -2.51. The summed E-state index contributed by atoms with van der Waals surface area (Å²) in [5.74, 6) is 18.0. The van der Waals surface area contributed by atoms with Crippen LogP contribution in [0.3, 0.4) is 0 Å². The molecule has 4 N–H and O–H groups in total. The molecule has 10 unspecified atom stereocenters. The molecule has 164 valence electrons. The number of fused-ring (bicyclic) bond motifs is 5. The van der Waals surface area contributed by atoms with E-state index in [-0.39, 0.29) is 17.9 Å². The lowest BCUT2D eigenvalue weighted by Gasteiger charge is -2.56. The van der Waals surface area contributed by atoms with Crippen molar-refractivity contribution < 1.29 is 4.79 Å². The Morgan fingerprint density at radius 2 is 1.97 bits per heavy atom. The molecule has 0 aliphatic heterocycles. The van der Waals surface area contributed by atoms with Gasteiger partial charge in [0.15, 0.2) is 5.78 Å². The summed E-state index contributed by atoms with van der Waals surface area (Å²) in [5, 5.41) is 4.83. The van der Waals surface area contributed by atoms with Crippen LogP contribution in [0.4, 0.5) is 0 Å². The van der Waals surface area contributed by atoms with E-state index in [2.05, 4.69) is 32.8 Å². The molecule has 4 fully saturated rings. The van der Waals surface area contributed by atoms with Crippen molar-refractivity contribution >= 4 is 12.1 Å². The van der Waals surface area contributed by atoms with Crippen LogP contribution in [0.15, 0.2) is 5.10 Å². The van der Waals surface area contributed by atoms with E-state index < -0.39 is 0 Å². The minimum atomic E-state index is 0.163. The molecular weight excluding hydrogens is 360 g/mol. The Morgan fingerprint density at radius 1 is 1.21 bits per heavy atom. The zero-order valence-electron chi connectivity index (χ0n) is 18.9. The predicted molar refractivity (Wildman–Crippen MR) is 117 cm³/mol.